The van der Waals surface area contributed by atoms with E-state index < -0.39 is 5.82 Å². The average molecular weight is 324 g/mol. The summed E-state index contributed by atoms with van der Waals surface area (Å²) in [6.45, 7) is 0.490. The molecule has 3 nitrogen and oxygen atoms in total. The van der Waals surface area contributed by atoms with Crippen LogP contribution in [0, 0.1) is 5.82 Å². The van der Waals surface area contributed by atoms with Crippen molar-refractivity contribution in [1.82, 2.24) is 9.55 Å². The number of imidazole rings is 1. The normalized spacial score (nSPS) is 11.0. The number of fused-ring (bicyclic) bond motifs is 1. The quantitative estimate of drug-likeness (QED) is 0.712. The largest absolute Gasteiger partial charge is 0.378 e. The van der Waals surface area contributed by atoms with Gasteiger partial charge < -0.3 is 9.88 Å². The highest BCUT2D eigenvalue weighted by Crippen LogP contribution is 2.27. The van der Waals surface area contributed by atoms with E-state index in [9.17, 15) is 4.39 Å². The standard InChI is InChI=1S/C15H12Cl2FN3/c1-21-13-5-3-2-4-12(13)20-14(21)8-19-9-6-10(16)15(18)11(17)7-9/h2-7,19H,8H2,1H3. The second-order valence-electron chi connectivity index (χ2n) is 4.68. The summed E-state index contributed by atoms with van der Waals surface area (Å²) in [5, 5.41) is 3.14. The van der Waals surface area contributed by atoms with E-state index in [1.807, 2.05) is 35.9 Å². The van der Waals surface area contributed by atoms with Crippen molar-refractivity contribution in [3.8, 4) is 0 Å². The first-order valence-electron chi connectivity index (χ1n) is 6.35. The van der Waals surface area contributed by atoms with Crippen molar-refractivity contribution in [2.24, 2.45) is 7.05 Å². The minimum absolute atomic E-state index is 0.00463. The first-order valence-corrected chi connectivity index (χ1v) is 7.10. The van der Waals surface area contributed by atoms with Crippen LogP contribution in [0.4, 0.5) is 10.1 Å². The number of nitrogens with zero attached hydrogens (tertiary/aromatic N) is 2. The van der Waals surface area contributed by atoms with Crippen LogP contribution in [0.1, 0.15) is 5.82 Å². The number of hydrogen-bond donors (Lipinski definition) is 1. The zero-order valence-electron chi connectivity index (χ0n) is 11.2. The second kappa shape index (κ2) is 5.54. The average Bonchev–Trinajstić information content (AvgIpc) is 2.79. The number of aryl methyl sites for hydroxylation is 1. The third-order valence-electron chi connectivity index (χ3n) is 3.31. The smallest absolute Gasteiger partial charge is 0.160 e. The van der Waals surface area contributed by atoms with Crippen LogP contribution in [0.3, 0.4) is 0 Å². The third kappa shape index (κ3) is 2.69. The topological polar surface area (TPSA) is 29.9 Å². The van der Waals surface area contributed by atoms with Crippen molar-refractivity contribution in [3.05, 3.63) is 58.1 Å². The highest BCUT2D eigenvalue weighted by atomic mass is 35.5. The molecule has 0 aliphatic rings. The van der Waals surface area contributed by atoms with E-state index in [2.05, 4.69) is 10.3 Å². The number of para-hydroxylation sites is 2. The summed E-state index contributed by atoms with van der Waals surface area (Å²) in [6.07, 6.45) is 0. The molecule has 0 fully saturated rings. The molecule has 0 aliphatic carbocycles. The van der Waals surface area contributed by atoms with Gasteiger partial charge in [0.25, 0.3) is 0 Å². The third-order valence-corrected chi connectivity index (χ3v) is 3.86. The molecule has 0 amide bonds. The lowest BCUT2D eigenvalue weighted by Crippen LogP contribution is -2.06. The predicted octanol–water partition coefficient (Wildman–Crippen LogP) is 4.63. The molecule has 0 spiro atoms. The molecule has 1 aromatic heterocycles. The number of benzene rings is 2. The molecule has 6 heteroatoms. The van der Waals surface area contributed by atoms with Crippen molar-refractivity contribution < 1.29 is 4.39 Å². The molecule has 21 heavy (non-hydrogen) atoms. The number of rotatable bonds is 3. The Morgan fingerprint density at radius 3 is 2.52 bits per heavy atom. The summed E-state index contributed by atoms with van der Waals surface area (Å²) in [4.78, 5) is 4.55. The Labute approximate surface area is 131 Å². The fourth-order valence-corrected chi connectivity index (χ4v) is 2.68. The van der Waals surface area contributed by atoms with Crippen LogP contribution in [0.5, 0.6) is 0 Å². The zero-order valence-corrected chi connectivity index (χ0v) is 12.7. The lowest BCUT2D eigenvalue weighted by Gasteiger charge is -2.08. The Hall–Kier alpha value is -1.78. The van der Waals surface area contributed by atoms with Gasteiger partial charge in [0.15, 0.2) is 5.82 Å². The van der Waals surface area contributed by atoms with E-state index in [4.69, 9.17) is 23.2 Å². The fraction of sp³-hybridized carbons (Fsp3) is 0.133. The first-order chi connectivity index (χ1) is 10.1. The number of hydrogen-bond acceptors (Lipinski definition) is 2. The number of anilines is 1. The summed E-state index contributed by atoms with van der Waals surface area (Å²) in [7, 11) is 1.96. The van der Waals surface area contributed by atoms with E-state index in [0.29, 0.717) is 12.2 Å². The molecule has 2 aromatic carbocycles. The maximum absolute atomic E-state index is 13.4. The summed E-state index contributed by atoms with van der Waals surface area (Å²) in [5.74, 6) is 0.263. The Bertz CT molecular complexity index is 791. The molecule has 3 rings (SSSR count). The van der Waals surface area contributed by atoms with Gasteiger partial charge in [-0.15, -0.1) is 0 Å². The number of nitrogens with one attached hydrogen (secondary N) is 1. The second-order valence-corrected chi connectivity index (χ2v) is 5.50. The van der Waals surface area contributed by atoms with Crippen molar-refractivity contribution in [1.29, 1.82) is 0 Å². The van der Waals surface area contributed by atoms with E-state index >= 15 is 0 Å². The van der Waals surface area contributed by atoms with Gasteiger partial charge in [0.2, 0.25) is 0 Å². The molecular weight excluding hydrogens is 312 g/mol. The highest BCUT2D eigenvalue weighted by molar-refractivity contribution is 6.35. The summed E-state index contributed by atoms with van der Waals surface area (Å²) >= 11 is 11.6. The van der Waals surface area contributed by atoms with Gasteiger partial charge in [-0.25, -0.2) is 9.37 Å². The van der Waals surface area contributed by atoms with Crippen LogP contribution in [0.2, 0.25) is 10.0 Å². The Morgan fingerprint density at radius 2 is 1.86 bits per heavy atom. The molecule has 1 heterocycles. The molecule has 1 N–H and O–H groups in total. The molecule has 0 unspecified atom stereocenters. The maximum Gasteiger partial charge on any atom is 0.160 e. The lowest BCUT2D eigenvalue weighted by molar-refractivity contribution is 0.629. The minimum atomic E-state index is -0.605. The molecule has 108 valence electrons. The van der Waals surface area contributed by atoms with Crippen LogP contribution in [0.25, 0.3) is 11.0 Å². The van der Waals surface area contributed by atoms with Crippen LogP contribution in [0.15, 0.2) is 36.4 Å². The highest BCUT2D eigenvalue weighted by Gasteiger charge is 2.09. The predicted molar refractivity (Wildman–Crippen MR) is 84.5 cm³/mol. The first kappa shape index (κ1) is 14.2. The molecule has 0 radical (unpaired) electrons. The van der Waals surface area contributed by atoms with Crippen molar-refractivity contribution >= 4 is 39.9 Å². The van der Waals surface area contributed by atoms with Gasteiger partial charge in [-0.1, -0.05) is 35.3 Å². The molecule has 0 aliphatic heterocycles. The maximum atomic E-state index is 13.4. The number of halogens is 3. The minimum Gasteiger partial charge on any atom is -0.378 e. The Morgan fingerprint density at radius 1 is 1.19 bits per heavy atom. The molecule has 0 bridgehead atoms. The molecule has 0 saturated carbocycles. The van der Waals surface area contributed by atoms with Crippen LogP contribution in [-0.2, 0) is 13.6 Å². The fourth-order valence-electron chi connectivity index (χ4n) is 2.19. The van der Waals surface area contributed by atoms with E-state index in [1.165, 1.54) is 12.1 Å². The van der Waals surface area contributed by atoms with Gasteiger partial charge in [-0.05, 0) is 24.3 Å². The molecule has 0 saturated heterocycles. The summed E-state index contributed by atoms with van der Waals surface area (Å²) in [5.41, 5.74) is 2.65. The number of aromatic nitrogens is 2. The van der Waals surface area contributed by atoms with E-state index in [1.54, 1.807) is 0 Å². The SMILES string of the molecule is Cn1c(CNc2cc(Cl)c(F)c(Cl)c2)nc2ccccc21. The lowest BCUT2D eigenvalue weighted by atomic mass is 10.3. The van der Waals surface area contributed by atoms with Gasteiger partial charge in [0.05, 0.1) is 27.6 Å². The van der Waals surface area contributed by atoms with Gasteiger partial charge in [0.1, 0.15) is 5.82 Å². The summed E-state index contributed by atoms with van der Waals surface area (Å²) < 4.78 is 15.4. The molecule has 0 atom stereocenters. The van der Waals surface area contributed by atoms with Crippen LogP contribution < -0.4 is 5.32 Å². The molecular formula is C15H12Cl2FN3. The van der Waals surface area contributed by atoms with Gasteiger partial charge in [0, 0.05) is 12.7 Å². The van der Waals surface area contributed by atoms with Gasteiger partial charge in [-0.2, -0.15) is 0 Å². The van der Waals surface area contributed by atoms with E-state index in [0.717, 1.165) is 16.9 Å². The monoisotopic (exact) mass is 323 g/mol. The van der Waals surface area contributed by atoms with Gasteiger partial charge >= 0.3 is 0 Å². The van der Waals surface area contributed by atoms with E-state index in [-0.39, 0.29) is 10.0 Å². The van der Waals surface area contributed by atoms with Crippen molar-refractivity contribution in [2.75, 3.05) is 5.32 Å². The van der Waals surface area contributed by atoms with Gasteiger partial charge in [-0.3, -0.25) is 0 Å². The van der Waals surface area contributed by atoms with Crippen LogP contribution in [-0.4, -0.2) is 9.55 Å². The Balaban J connectivity index is 1.85. The van der Waals surface area contributed by atoms with Crippen molar-refractivity contribution in [2.45, 2.75) is 6.54 Å². The zero-order chi connectivity index (χ0) is 15.0. The summed E-state index contributed by atoms with van der Waals surface area (Å²) in [6, 6.07) is 10.9. The Kier molecular flexibility index (Phi) is 3.74. The van der Waals surface area contributed by atoms with Crippen LogP contribution >= 0.6 is 23.2 Å². The van der Waals surface area contributed by atoms with Crippen molar-refractivity contribution in [3.63, 3.8) is 0 Å². The molecule has 3 aromatic rings.